The molecule has 3 aromatic carbocycles. The van der Waals surface area contributed by atoms with Crippen molar-refractivity contribution in [2.24, 2.45) is 5.14 Å². The van der Waals surface area contributed by atoms with Crippen molar-refractivity contribution in [1.82, 2.24) is 5.32 Å². The summed E-state index contributed by atoms with van der Waals surface area (Å²) in [6, 6.07) is 18.8. The second-order valence-electron chi connectivity index (χ2n) is 7.04. The first-order valence-corrected chi connectivity index (χ1v) is 10.9. The minimum Gasteiger partial charge on any atom is -0.497 e. The Hall–Kier alpha value is -2.90. The van der Waals surface area contributed by atoms with Gasteiger partial charge < -0.3 is 10.1 Å². The van der Waals surface area contributed by atoms with Gasteiger partial charge in [0.25, 0.3) is 0 Å². The molecular formula is C22H24N2O4S. The van der Waals surface area contributed by atoms with Crippen LogP contribution < -0.4 is 15.2 Å². The van der Waals surface area contributed by atoms with Crippen molar-refractivity contribution in [3.8, 4) is 5.75 Å². The molecule has 3 rings (SSSR count). The normalized spacial score (nSPS) is 12.5. The van der Waals surface area contributed by atoms with Crippen molar-refractivity contribution in [3.05, 3.63) is 77.4 Å². The first-order valence-electron chi connectivity index (χ1n) is 9.19. The molecule has 0 fully saturated rings. The summed E-state index contributed by atoms with van der Waals surface area (Å²) in [7, 11) is -1.92. The first kappa shape index (κ1) is 20.8. The number of carbonyl (C=O) groups is 1. The van der Waals surface area contributed by atoms with Crippen molar-refractivity contribution in [2.45, 2.75) is 25.1 Å². The van der Waals surface area contributed by atoms with Crippen molar-refractivity contribution in [3.63, 3.8) is 0 Å². The van der Waals surface area contributed by atoms with Crippen LogP contribution in [0.3, 0.4) is 0 Å². The van der Waals surface area contributed by atoms with E-state index in [0.717, 1.165) is 27.6 Å². The molecule has 7 heteroatoms. The van der Waals surface area contributed by atoms with Crippen LogP contribution in [0.4, 0.5) is 0 Å². The number of carbonyl (C=O) groups excluding carboxylic acids is 1. The summed E-state index contributed by atoms with van der Waals surface area (Å²) in [6.45, 7) is 2.23. The zero-order chi connectivity index (χ0) is 21.0. The molecule has 0 aromatic heterocycles. The molecule has 0 bridgehead atoms. The molecule has 152 valence electrons. The third-order valence-corrected chi connectivity index (χ3v) is 5.56. The lowest BCUT2D eigenvalue weighted by Crippen LogP contribution is -2.27. The number of hydrogen-bond donors (Lipinski definition) is 2. The quantitative estimate of drug-likeness (QED) is 0.623. The number of hydrogen-bond acceptors (Lipinski definition) is 4. The van der Waals surface area contributed by atoms with Gasteiger partial charge in [0, 0.05) is 6.54 Å². The Kier molecular flexibility index (Phi) is 6.20. The highest BCUT2D eigenvalue weighted by atomic mass is 32.2. The number of nitrogens with one attached hydrogen (secondary N) is 1. The summed E-state index contributed by atoms with van der Waals surface area (Å²) in [5, 5.41) is 10.1. The number of methoxy groups -OCH3 is 1. The van der Waals surface area contributed by atoms with Crippen LogP contribution in [0.5, 0.6) is 5.75 Å². The molecule has 3 N–H and O–H groups in total. The highest BCUT2D eigenvalue weighted by molar-refractivity contribution is 7.88. The average molecular weight is 413 g/mol. The van der Waals surface area contributed by atoms with Crippen LogP contribution in [-0.2, 0) is 27.1 Å². The van der Waals surface area contributed by atoms with Gasteiger partial charge in [-0.05, 0) is 46.5 Å². The van der Waals surface area contributed by atoms with E-state index in [-0.39, 0.29) is 17.6 Å². The van der Waals surface area contributed by atoms with E-state index < -0.39 is 10.0 Å². The van der Waals surface area contributed by atoms with E-state index in [1.54, 1.807) is 31.4 Å². The number of primary sulfonamides is 1. The number of fused-ring (bicyclic) bond motifs is 1. The number of nitrogens with two attached hydrogens (primary N) is 1. The van der Waals surface area contributed by atoms with Gasteiger partial charge in [-0.3, -0.25) is 4.79 Å². The fourth-order valence-corrected chi connectivity index (χ4v) is 3.77. The predicted molar refractivity (Wildman–Crippen MR) is 114 cm³/mol. The second-order valence-corrected chi connectivity index (χ2v) is 8.65. The van der Waals surface area contributed by atoms with Gasteiger partial charge in [0.1, 0.15) is 5.75 Å². The molecule has 0 aliphatic rings. The molecule has 0 aliphatic carbocycles. The number of ether oxygens (including phenoxy) is 1. The van der Waals surface area contributed by atoms with Crippen molar-refractivity contribution in [1.29, 1.82) is 0 Å². The van der Waals surface area contributed by atoms with Crippen LogP contribution in [0.1, 0.15) is 29.5 Å². The highest BCUT2D eigenvalue weighted by Crippen LogP contribution is 2.25. The third kappa shape index (κ3) is 5.56. The molecular weight excluding hydrogens is 388 g/mol. The Morgan fingerprint density at radius 2 is 1.62 bits per heavy atom. The minimum atomic E-state index is -3.55. The average Bonchev–Trinajstić information content (AvgIpc) is 2.70. The van der Waals surface area contributed by atoms with Crippen molar-refractivity contribution in [2.75, 3.05) is 7.11 Å². The fraction of sp³-hybridized carbons (Fsp3) is 0.227. The highest BCUT2D eigenvalue weighted by Gasteiger charge is 2.15. The molecule has 1 atom stereocenters. The summed E-state index contributed by atoms with van der Waals surface area (Å²) in [5.41, 5.74) is 2.43. The van der Waals surface area contributed by atoms with Crippen molar-refractivity contribution < 1.29 is 17.9 Å². The SMILES string of the molecule is COc1ccc2cc([C@H](C)C(=O)NCc3ccc(CS(N)(=O)=O)cc3)ccc2c1. The summed E-state index contributed by atoms with van der Waals surface area (Å²) in [6.07, 6.45) is 0. The van der Waals surface area contributed by atoms with Crippen LogP contribution in [0, 0.1) is 0 Å². The molecule has 0 saturated heterocycles. The van der Waals surface area contributed by atoms with E-state index in [0.29, 0.717) is 12.1 Å². The van der Waals surface area contributed by atoms with E-state index in [1.165, 1.54) is 0 Å². The maximum absolute atomic E-state index is 12.6. The van der Waals surface area contributed by atoms with Crippen LogP contribution in [-0.4, -0.2) is 21.4 Å². The number of sulfonamides is 1. The van der Waals surface area contributed by atoms with E-state index in [9.17, 15) is 13.2 Å². The lowest BCUT2D eigenvalue weighted by atomic mass is 9.97. The third-order valence-electron chi connectivity index (χ3n) is 4.82. The minimum absolute atomic E-state index is 0.0773. The fourth-order valence-electron chi connectivity index (χ4n) is 3.12. The Morgan fingerprint density at radius 3 is 2.28 bits per heavy atom. The number of rotatable bonds is 7. The van der Waals surface area contributed by atoms with Gasteiger partial charge in [-0.15, -0.1) is 0 Å². The van der Waals surface area contributed by atoms with Gasteiger partial charge >= 0.3 is 0 Å². The lowest BCUT2D eigenvalue weighted by molar-refractivity contribution is -0.122. The first-order chi connectivity index (χ1) is 13.7. The largest absolute Gasteiger partial charge is 0.497 e. The Morgan fingerprint density at radius 1 is 1.00 bits per heavy atom. The standard InChI is InChI=1S/C22H24N2O4S/c1-15(18-7-8-20-12-21(28-2)10-9-19(20)11-18)22(25)24-13-16-3-5-17(6-4-16)14-29(23,26)27/h3-12,15H,13-14H2,1-2H3,(H,24,25)(H2,23,26,27)/t15-/m0/s1. The van der Waals surface area contributed by atoms with Gasteiger partial charge in [0.15, 0.2) is 0 Å². The summed E-state index contributed by atoms with van der Waals surface area (Å²) in [5.74, 6) is 0.214. The van der Waals surface area contributed by atoms with Crippen LogP contribution in [0.25, 0.3) is 10.8 Å². The van der Waals surface area contributed by atoms with Crippen LogP contribution in [0.15, 0.2) is 60.7 Å². The smallest absolute Gasteiger partial charge is 0.227 e. The number of benzene rings is 3. The van der Waals surface area contributed by atoms with E-state index in [1.807, 2.05) is 43.3 Å². The van der Waals surface area contributed by atoms with Gasteiger partial charge in [-0.25, -0.2) is 13.6 Å². The summed E-state index contributed by atoms with van der Waals surface area (Å²) >= 11 is 0. The number of amides is 1. The monoisotopic (exact) mass is 412 g/mol. The molecule has 0 radical (unpaired) electrons. The predicted octanol–water partition coefficient (Wildman–Crippen LogP) is 3.06. The second kappa shape index (κ2) is 8.63. The molecule has 0 saturated carbocycles. The molecule has 0 aliphatic heterocycles. The van der Waals surface area contributed by atoms with Gasteiger partial charge in [-0.1, -0.05) is 48.5 Å². The van der Waals surface area contributed by atoms with E-state index in [4.69, 9.17) is 9.88 Å². The molecule has 6 nitrogen and oxygen atoms in total. The van der Waals surface area contributed by atoms with Gasteiger partial charge in [-0.2, -0.15) is 0 Å². The molecule has 0 spiro atoms. The molecule has 3 aromatic rings. The Bertz CT molecular complexity index is 1130. The maximum Gasteiger partial charge on any atom is 0.227 e. The molecule has 29 heavy (non-hydrogen) atoms. The summed E-state index contributed by atoms with van der Waals surface area (Å²) < 4.78 is 27.5. The zero-order valence-electron chi connectivity index (χ0n) is 16.4. The maximum atomic E-state index is 12.6. The van der Waals surface area contributed by atoms with Crippen LogP contribution >= 0.6 is 0 Å². The van der Waals surface area contributed by atoms with Crippen LogP contribution in [0.2, 0.25) is 0 Å². The van der Waals surface area contributed by atoms with Crippen molar-refractivity contribution >= 4 is 26.7 Å². The summed E-state index contributed by atoms with van der Waals surface area (Å²) in [4.78, 5) is 12.6. The van der Waals surface area contributed by atoms with E-state index in [2.05, 4.69) is 5.32 Å². The Labute approximate surface area is 170 Å². The topological polar surface area (TPSA) is 98.5 Å². The zero-order valence-corrected chi connectivity index (χ0v) is 17.2. The molecule has 0 unspecified atom stereocenters. The molecule has 0 heterocycles. The lowest BCUT2D eigenvalue weighted by Gasteiger charge is -2.14. The van der Waals surface area contributed by atoms with Gasteiger partial charge in [0.2, 0.25) is 15.9 Å². The van der Waals surface area contributed by atoms with Gasteiger partial charge in [0.05, 0.1) is 18.8 Å². The van der Waals surface area contributed by atoms with E-state index >= 15 is 0 Å². The Balaban J connectivity index is 1.63. The molecule has 1 amide bonds.